The molecule has 2 amide bonds. The molecular weight excluding hydrogens is 526 g/mol. The largest absolute Gasteiger partial charge is 0.494 e. The quantitative estimate of drug-likeness (QED) is 0.156. The molecule has 40 heavy (non-hydrogen) atoms. The summed E-state index contributed by atoms with van der Waals surface area (Å²) in [5.41, 5.74) is 1.80. The Hall–Kier alpha value is -4.89. The van der Waals surface area contributed by atoms with E-state index in [0.29, 0.717) is 48.1 Å². The molecule has 4 rings (SSSR count). The minimum Gasteiger partial charge on any atom is -0.494 e. The van der Waals surface area contributed by atoms with Gasteiger partial charge in [0, 0.05) is 11.3 Å². The van der Waals surface area contributed by atoms with E-state index in [9.17, 15) is 9.59 Å². The molecule has 4 aromatic carbocycles. The van der Waals surface area contributed by atoms with Crippen LogP contribution in [0.25, 0.3) is 0 Å². The maximum atomic E-state index is 13.0. The van der Waals surface area contributed by atoms with E-state index in [1.54, 1.807) is 72.8 Å². The van der Waals surface area contributed by atoms with E-state index >= 15 is 0 Å². The molecule has 0 aromatic heterocycles. The normalized spacial score (nSPS) is 10.2. The zero-order valence-corrected chi connectivity index (χ0v) is 22.7. The van der Waals surface area contributed by atoms with Crippen molar-refractivity contribution in [2.24, 2.45) is 0 Å². The van der Waals surface area contributed by atoms with Crippen LogP contribution in [-0.4, -0.2) is 36.7 Å². The molecule has 0 spiro atoms. The molecule has 0 aliphatic rings. The number of amides is 2. The summed E-state index contributed by atoms with van der Waals surface area (Å²) in [5, 5.41) is 8.50. The number of ether oxygens (including phenoxy) is 3. The number of para-hydroxylation sites is 2. The van der Waals surface area contributed by atoms with Gasteiger partial charge in [-0.2, -0.15) is 0 Å². The van der Waals surface area contributed by atoms with Crippen molar-refractivity contribution in [1.29, 1.82) is 0 Å². The summed E-state index contributed by atoms with van der Waals surface area (Å²) in [5.74, 6) is 1.26. The van der Waals surface area contributed by atoms with Crippen LogP contribution >= 0.6 is 12.2 Å². The van der Waals surface area contributed by atoms with Gasteiger partial charge in [0.2, 0.25) is 0 Å². The molecule has 0 heterocycles. The standard InChI is InChI=1S/C31H29N3O5S/c1-2-37-25-17-15-23(16-18-25)32-30(36)27-13-6-7-14-28(27)33-31(40)34-29(35)22-9-8-12-26(21-22)39-20-19-38-24-10-4-3-5-11-24/h3-18,21H,2,19-20H2,1H3,(H,32,36)(H2,33,34,35,40). The fourth-order valence-corrected chi connectivity index (χ4v) is 3.88. The van der Waals surface area contributed by atoms with Crippen LogP contribution < -0.4 is 30.2 Å². The van der Waals surface area contributed by atoms with Crippen molar-refractivity contribution < 1.29 is 23.8 Å². The second-order valence-electron chi connectivity index (χ2n) is 8.40. The number of benzene rings is 4. The molecule has 0 atom stereocenters. The summed E-state index contributed by atoms with van der Waals surface area (Å²) in [7, 11) is 0. The number of carbonyl (C=O) groups is 2. The summed E-state index contributed by atoms with van der Waals surface area (Å²) < 4.78 is 16.8. The Morgan fingerprint density at radius 3 is 2.08 bits per heavy atom. The highest BCUT2D eigenvalue weighted by Crippen LogP contribution is 2.20. The average Bonchev–Trinajstić information content (AvgIpc) is 2.97. The van der Waals surface area contributed by atoms with Gasteiger partial charge in [-0.15, -0.1) is 0 Å². The zero-order valence-electron chi connectivity index (χ0n) is 21.9. The predicted octanol–water partition coefficient (Wildman–Crippen LogP) is 5.92. The molecule has 0 saturated carbocycles. The molecule has 3 N–H and O–H groups in total. The summed E-state index contributed by atoms with van der Waals surface area (Å²) in [6, 6.07) is 30.2. The summed E-state index contributed by atoms with van der Waals surface area (Å²) in [6.07, 6.45) is 0. The van der Waals surface area contributed by atoms with Crippen molar-refractivity contribution in [3.8, 4) is 17.2 Å². The predicted molar refractivity (Wildman–Crippen MR) is 160 cm³/mol. The van der Waals surface area contributed by atoms with Gasteiger partial charge < -0.3 is 24.8 Å². The molecule has 8 nitrogen and oxygen atoms in total. The van der Waals surface area contributed by atoms with Crippen LogP contribution in [0.2, 0.25) is 0 Å². The SMILES string of the molecule is CCOc1ccc(NC(=O)c2ccccc2NC(=S)NC(=O)c2cccc(OCCOc3ccccc3)c2)cc1. The maximum Gasteiger partial charge on any atom is 0.257 e. The average molecular weight is 556 g/mol. The van der Waals surface area contributed by atoms with Crippen LogP contribution in [0.3, 0.4) is 0 Å². The van der Waals surface area contributed by atoms with Crippen LogP contribution in [0.1, 0.15) is 27.6 Å². The van der Waals surface area contributed by atoms with Gasteiger partial charge in [0.05, 0.1) is 17.9 Å². The van der Waals surface area contributed by atoms with Gasteiger partial charge in [-0.3, -0.25) is 14.9 Å². The first-order valence-electron chi connectivity index (χ1n) is 12.7. The Kier molecular flexibility index (Phi) is 10.1. The van der Waals surface area contributed by atoms with Gasteiger partial charge in [0.1, 0.15) is 30.5 Å². The molecule has 0 fully saturated rings. The molecule has 0 aliphatic heterocycles. The lowest BCUT2D eigenvalue weighted by Crippen LogP contribution is -2.34. The number of carbonyl (C=O) groups excluding carboxylic acids is 2. The van der Waals surface area contributed by atoms with Crippen molar-refractivity contribution in [2.45, 2.75) is 6.92 Å². The third kappa shape index (κ3) is 8.31. The van der Waals surface area contributed by atoms with E-state index in [2.05, 4.69) is 16.0 Å². The smallest absolute Gasteiger partial charge is 0.257 e. The van der Waals surface area contributed by atoms with Crippen LogP contribution in [0.15, 0.2) is 103 Å². The molecule has 9 heteroatoms. The van der Waals surface area contributed by atoms with Crippen molar-refractivity contribution in [3.63, 3.8) is 0 Å². The van der Waals surface area contributed by atoms with E-state index in [-0.39, 0.29) is 11.0 Å². The van der Waals surface area contributed by atoms with Gasteiger partial charge >= 0.3 is 0 Å². The summed E-state index contributed by atoms with van der Waals surface area (Å²) in [4.78, 5) is 25.8. The first-order chi connectivity index (χ1) is 19.5. The van der Waals surface area contributed by atoms with E-state index in [0.717, 1.165) is 11.5 Å². The third-order valence-electron chi connectivity index (χ3n) is 5.53. The first kappa shape index (κ1) is 28.1. The highest BCUT2D eigenvalue weighted by molar-refractivity contribution is 7.80. The number of nitrogens with one attached hydrogen (secondary N) is 3. The fraction of sp³-hybridized carbons (Fsp3) is 0.129. The molecule has 0 unspecified atom stereocenters. The first-order valence-corrected chi connectivity index (χ1v) is 13.1. The second kappa shape index (κ2) is 14.3. The van der Waals surface area contributed by atoms with Gasteiger partial charge in [-0.25, -0.2) is 0 Å². The number of anilines is 2. The second-order valence-corrected chi connectivity index (χ2v) is 8.81. The zero-order chi connectivity index (χ0) is 28.2. The fourth-order valence-electron chi connectivity index (χ4n) is 3.68. The van der Waals surface area contributed by atoms with Gasteiger partial charge in [-0.05, 0) is 85.9 Å². The number of hydrogen-bond donors (Lipinski definition) is 3. The molecule has 0 radical (unpaired) electrons. The van der Waals surface area contributed by atoms with Crippen LogP contribution in [0.4, 0.5) is 11.4 Å². The van der Waals surface area contributed by atoms with Crippen molar-refractivity contribution in [2.75, 3.05) is 30.5 Å². The van der Waals surface area contributed by atoms with E-state index in [1.165, 1.54) is 0 Å². The Morgan fingerprint density at radius 1 is 0.675 bits per heavy atom. The lowest BCUT2D eigenvalue weighted by Gasteiger charge is -2.14. The highest BCUT2D eigenvalue weighted by atomic mass is 32.1. The molecule has 204 valence electrons. The van der Waals surface area contributed by atoms with Crippen molar-refractivity contribution >= 4 is 40.5 Å². The monoisotopic (exact) mass is 555 g/mol. The molecular formula is C31H29N3O5S. The topological polar surface area (TPSA) is 97.9 Å². The van der Waals surface area contributed by atoms with E-state index < -0.39 is 5.91 Å². The van der Waals surface area contributed by atoms with E-state index in [4.69, 9.17) is 26.4 Å². The Balaban J connectivity index is 1.30. The highest BCUT2D eigenvalue weighted by Gasteiger charge is 2.14. The van der Waals surface area contributed by atoms with Crippen LogP contribution in [-0.2, 0) is 0 Å². The number of thiocarbonyl (C=S) groups is 1. The lowest BCUT2D eigenvalue weighted by atomic mass is 10.1. The third-order valence-corrected chi connectivity index (χ3v) is 5.73. The minimum atomic E-state index is -0.417. The van der Waals surface area contributed by atoms with Crippen molar-refractivity contribution in [3.05, 3.63) is 114 Å². The molecule has 4 aromatic rings. The lowest BCUT2D eigenvalue weighted by molar-refractivity contribution is 0.0976. The van der Waals surface area contributed by atoms with Gasteiger partial charge in [-0.1, -0.05) is 36.4 Å². The van der Waals surface area contributed by atoms with Gasteiger partial charge in [0.25, 0.3) is 11.8 Å². The van der Waals surface area contributed by atoms with E-state index in [1.807, 2.05) is 37.3 Å². The number of rotatable bonds is 11. The van der Waals surface area contributed by atoms with Crippen LogP contribution in [0, 0.1) is 0 Å². The van der Waals surface area contributed by atoms with Crippen LogP contribution in [0.5, 0.6) is 17.2 Å². The molecule has 0 bridgehead atoms. The number of hydrogen-bond acceptors (Lipinski definition) is 6. The summed E-state index contributed by atoms with van der Waals surface area (Å²) in [6.45, 7) is 3.14. The van der Waals surface area contributed by atoms with Crippen molar-refractivity contribution in [1.82, 2.24) is 5.32 Å². The minimum absolute atomic E-state index is 0.0499. The summed E-state index contributed by atoms with van der Waals surface area (Å²) >= 11 is 5.36. The Bertz CT molecular complexity index is 1450. The Labute approximate surface area is 238 Å². The molecule has 0 saturated heterocycles. The maximum absolute atomic E-state index is 13.0. The Morgan fingerprint density at radius 2 is 1.32 bits per heavy atom. The van der Waals surface area contributed by atoms with Gasteiger partial charge in [0.15, 0.2) is 5.11 Å². The molecule has 0 aliphatic carbocycles.